The molecule has 0 aliphatic carbocycles. The Kier molecular flexibility index (Phi) is 6.65. The fraction of sp³-hybridized carbons (Fsp3) is 0.222. The average Bonchev–Trinajstić information content (AvgIpc) is 2.65. The minimum atomic E-state index is -3.64. The van der Waals surface area contributed by atoms with Crippen LogP contribution in [-0.2, 0) is 21.4 Å². The highest BCUT2D eigenvalue weighted by Gasteiger charge is 2.20. The molecule has 0 bridgehead atoms. The second-order valence-corrected chi connectivity index (χ2v) is 7.98. The van der Waals surface area contributed by atoms with Gasteiger partial charge in [-0.15, -0.1) is 0 Å². The van der Waals surface area contributed by atoms with E-state index in [1.165, 1.54) is 32.3 Å². The maximum absolute atomic E-state index is 12.9. The van der Waals surface area contributed by atoms with E-state index in [0.29, 0.717) is 5.56 Å². The third-order valence-electron chi connectivity index (χ3n) is 3.72. The van der Waals surface area contributed by atoms with E-state index in [2.05, 4.69) is 10.6 Å². The lowest BCUT2D eigenvalue weighted by Gasteiger charge is -2.15. The van der Waals surface area contributed by atoms with Crippen LogP contribution in [0.25, 0.3) is 0 Å². The highest BCUT2D eigenvalue weighted by molar-refractivity contribution is 7.89. The molecule has 0 spiro atoms. The van der Waals surface area contributed by atoms with Crippen molar-refractivity contribution in [1.29, 1.82) is 0 Å². The van der Waals surface area contributed by atoms with Gasteiger partial charge < -0.3 is 10.6 Å². The maximum Gasteiger partial charge on any atom is 0.251 e. The van der Waals surface area contributed by atoms with E-state index in [1.54, 1.807) is 18.2 Å². The highest BCUT2D eigenvalue weighted by atomic mass is 32.2. The topological polar surface area (TPSA) is 95.6 Å². The zero-order valence-corrected chi connectivity index (χ0v) is 15.7. The number of hydrogen-bond acceptors (Lipinski definition) is 4. The average molecular weight is 393 g/mol. The summed E-state index contributed by atoms with van der Waals surface area (Å²) in [5, 5.41) is 4.99. The van der Waals surface area contributed by atoms with Crippen molar-refractivity contribution in [1.82, 2.24) is 14.9 Å². The lowest BCUT2D eigenvalue weighted by atomic mass is 10.2. The van der Waals surface area contributed by atoms with Crippen molar-refractivity contribution in [3.63, 3.8) is 0 Å². The standard InChI is InChI=1S/C18H20FN3O4S/c1-22(2)27(25,26)16-6-4-3-5-14(16)11-20-17(23)12-21-18(24)13-7-9-15(19)10-8-13/h3-10H,11-12H2,1-2H3,(H,20,23)(H,21,24). The molecule has 2 aromatic rings. The van der Waals surface area contributed by atoms with Gasteiger partial charge in [0.2, 0.25) is 15.9 Å². The summed E-state index contributed by atoms with van der Waals surface area (Å²) in [7, 11) is -0.787. The van der Waals surface area contributed by atoms with Gasteiger partial charge in [0.15, 0.2) is 0 Å². The summed E-state index contributed by atoms with van der Waals surface area (Å²) in [6, 6.07) is 11.3. The molecule has 2 aromatic carbocycles. The van der Waals surface area contributed by atoms with Crippen molar-refractivity contribution >= 4 is 21.8 Å². The molecule has 0 saturated heterocycles. The molecule has 2 amide bonds. The number of rotatable bonds is 7. The Morgan fingerprint density at radius 2 is 1.63 bits per heavy atom. The fourth-order valence-electron chi connectivity index (χ4n) is 2.22. The molecule has 0 atom stereocenters. The van der Waals surface area contributed by atoms with Gasteiger partial charge in [-0.2, -0.15) is 0 Å². The van der Waals surface area contributed by atoms with E-state index >= 15 is 0 Å². The summed E-state index contributed by atoms with van der Waals surface area (Å²) in [6.07, 6.45) is 0. The Labute approximate surface area is 157 Å². The van der Waals surface area contributed by atoms with Gasteiger partial charge in [-0.1, -0.05) is 18.2 Å². The predicted molar refractivity (Wildman–Crippen MR) is 97.9 cm³/mol. The third-order valence-corrected chi connectivity index (χ3v) is 5.64. The second-order valence-electron chi connectivity index (χ2n) is 5.86. The highest BCUT2D eigenvalue weighted by Crippen LogP contribution is 2.18. The lowest BCUT2D eigenvalue weighted by Crippen LogP contribution is -2.37. The molecule has 2 rings (SSSR count). The van der Waals surface area contributed by atoms with E-state index in [-0.39, 0.29) is 23.5 Å². The minimum Gasteiger partial charge on any atom is -0.350 e. The quantitative estimate of drug-likeness (QED) is 0.737. The van der Waals surface area contributed by atoms with Crippen LogP contribution in [0.4, 0.5) is 4.39 Å². The zero-order valence-electron chi connectivity index (χ0n) is 14.9. The van der Waals surface area contributed by atoms with Gasteiger partial charge in [-0.3, -0.25) is 9.59 Å². The number of sulfonamides is 1. The minimum absolute atomic E-state index is 0.00546. The summed E-state index contributed by atoms with van der Waals surface area (Å²) < 4.78 is 38.6. The molecule has 0 aliphatic heterocycles. The fourth-order valence-corrected chi connectivity index (χ4v) is 3.33. The molecule has 0 unspecified atom stereocenters. The van der Waals surface area contributed by atoms with E-state index in [9.17, 15) is 22.4 Å². The Morgan fingerprint density at radius 1 is 1.00 bits per heavy atom. The van der Waals surface area contributed by atoms with Crippen LogP contribution in [-0.4, -0.2) is 45.2 Å². The summed E-state index contributed by atoms with van der Waals surface area (Å²) in [6.45, 7) is -0.298. The predicted octanol–water partition coefficient (Wildman–Crippen LogP) is 1.12. The van der Waals surface area contributed by atoms with E-state index in [4.69, 9.17) is 0 Å². The molecule has 9 heteroatoms. The molecule has 2 N–H and O–H groups in total. The van der Waals surface area contributed by atoms with Crippen molar-refractivity contribution in [2.24, 2.45) is 0 Å². The third kappa shape index (κ3) is 5.35. The van der Waals surface area contributed by atoms with Crippen LogP contribution in [0.5, 0.6) is 0 Å². The van der Waals surface area contributed by atoms with Crippen LogP contribution >= 0.6 is 0 Å². The molecular weight excluding hydrogens is 373 g/mol. The molecule has 144 valence electrons. The first-order valence-electron chi connectivity index (χ1n) is 8.02. The van der Waals surface area contributed by atoms with Crippen LogP contribution < -0.4 is 10.6 Å². The molecule has 0 heterocycles. The van der Waals surface area contributed by atoms with E-state index in [1.807, 2.05) is 0 Å². The molecule has 0 saturated carbocycles. The lowest BCUT2D eigenvalue weighted by molar-refractivity contribution is -0.120. The van der Waals surface area contributed by atoms with Crippen molar-refractivity contribution in [3.8, 4) is 0 Å². The molecule has 7 nitrogen and oxygen atoms in total. The van der Waals surface area contributed by atoms with E-state index < -0.39 is 27.7 Å². The SMILES string of the molecule is CN(C)S(=O)(=O)c1ccccc1CNC(=O)CNC(=O)c1ccc(F)cc1. The summed E-state index contributed by atoms with van der Waals surface area (Å²) >= 11 is 0. The largest absolute Gasteiger partial charge is 0.350 e. The first-order valence-corrected chi connectivity index (χ1v) is 9.46. The molecule has 27 heavy (non-hydrogen) atoms. The molecule has 0 fully saturated rings. The number of amides is 2. The molecular formula is C18H20FN3O4S. The Balaban J connectivity index is 1.95. The summed E-state index contributed by atoms with van der Waals surface area (Å²) in [5.74, 6) is -1.46. The second kappa shape index (κ2) is 8.74. The summed E-state index contributed by atoms with van der Waals surface area (Å²) in [5.41, 5.74) is 0.663. The molecule has 0 aliphatic rings. The summed E-state index contributed by atoms with van der Waals surface area (Å²) in [4.78, 5) is 24.0. The van der Waals surface area contributed by atoms with Crippen LogP contribution in [0.3, 0.4) is 0 Å². The van der Waals surface area contributed by atoms with Crippen molar-refractivity contribution in [2.45, 2.75) is 11.4 Å². The normalized spacial score (nSPS) is 11.3. The van der Waals surface area contributed by atoms with Crippen LogP contribution in [0.1, 0.15) is 15.9 Å². The van der Waals surface area contributed by atoms with Crippen molar-refractivity contribution < 1.29 is 22.4 Å². The van der Waals surface area contributed by atoms with Gasteiger partial charge in [-0.25, -0.2) is 17.1 Å². The van der Waals surface area contributed by atoms with Crippen molar-refractivity contribution in [2.75, 3.05) is 20.6 Å². The van der Waals surface area contributed by atoms with Gasteiger partial charge in [0.05, 0.1) is 11.4 Å². The number of hydrogen-bond donors (Lipinski definition) is 2. The van der Waals surface area contributed by atoms with Crippen LogP contribution in [0.2, 0.25) is 0 Å². The first-order chi connectivity index (χ1) is 12.7. The number of halogens is 1. The van der Waals surface area contributed by atoms with Crippen LogP contribution in [0.15, 0.2) is 53.4 Å². The van der Waals surface area contributed by atoms with Gasteiger partial charge in [0.25, 0.3) is 5.91 Å². The smallest absolute Gasteiger partial charge is 0.251 e. The number of carbonyl (C=O) groups is 2. The molecule has 0 radical (unpaired) electrons. The molecule has 0 aromatic heterocycles. The number of nitrogens with zero attached hydrogens (tertiary/aromatic N) is 1. The Bertz CT molecular complexity index is 928. The van der Waals surface area contributed by atoms with Crippen molar-refractivity contribution in [3.05, 3.63) is 65.5 Å². The first kappa shape index (κ1) is 20.5. The Hall–Kier alpha value is -2.78. The zero-order chi connectivity index (χ0) is 20.0. The van der Waals surface area contributed by atoms with Gasteiger partial charge >= 0.3 is 0 Å². The van der Waals surface area contributed by atoms with E-state index in [0.717, 1.165) is 16.4 Å². The van der Waals surface area contributed by atoms with Gasteiger partial charge in [-0.05, 0) is 35.9 Å². The van der Waals surface area contributed by atoms with Gasteiger partial charge in [0.1, 0.15) is 5.82 Å². The Morgan fingerprint density at radius 3 is 2.26 bits per heavy atom. The van der Waals surface area contributed by atoms with Gasteiger partial charge in [0, 0.05) is 26.2 Å². The maximum atomic E-state index is 12.9. The monoisotopic (exact) mass is 393 g/mol. The number of carbonyl (C=O) groups excluding carboxylic acids is 2. The number of nitrogens with one attached hydrogen (secondary N) is 2. The number of benzene rings is 2. The van der Waals surface area contributed by atoms with Crippen LogP contribution in [0, 0.1) is 5.82 Å².